The van der Waals surface area contributed by atoms with Gasteiger partial charge in [0.2, 0.25) is 0 Å². The van der Waals surface area contributed by atoms with Crippen LogP contribution >= 0.6 is 0 Å². The first-order chi connectivity index (χ1) is 14.3. The van der Waals surface area contributed by atoms with Crippen LogP contribution in [-0.4, -0.2) is 43.5 Å². The van der Waals surface area contributed by atoms with Crippen LogP contribution in [0.15, 0.2) is 16.8 Å². The van der Waals surface area contributed by atoms with E-state index in [9.17, 15) is 9.90 Å². The first-order valence-corrected chi connectivity index (χ1v) is 11.2. The molecule has 162 valence electrons. The minimum absolute atomic E-state index is 0.0115. The molecular weight excluding hydrogens is 380 g/mol. The average Bonchev–Trinajstić information content (AvgIpc) is 3.37. The molecule has 3 heterocycles. The predicted octanol–water partition coefficient (Wildman–Crippen LogP) is 3.90. The molecular formula is C23H32N4O3. The van der Waals surface area contributed by atoms with Crippen molar-refractivity contribution in [2.75, 3.05) is 6.54 Å². The average molecular weight is 413 g/mol. The molecule has 2 aromatic rings. The number of hydrogen-bond donors (Lipinski definition) is 1. The number of aliphatic hydroxyl groups is 1. The van der Waals surface area contributed by atoms with Crippen LogP contribution in [0.2, 0.25) is 0 Å². The van der Waals surface area contributed by atoms with Gasteiger partial charge in [-0.1, -0.05) is 12.8 Å². The van der Waals surface area contributed by atoms with E-state index in [1.54, 1.807) is 26.2 Å². The molecule has 0 radical (unpaired) electrons. The molecule has 1 saturated heterocycles. The minimum atomic E-state index is -1.05. The summed E-state index contributed by atoms with van der Waals surface area (Å²) in [6.07, 6.45) is 11.4. The van der Waals surface area contributed by atoms with E-state index in [-0.39, 0.29) is 11.9 Å². The standard InChI is InChI=1S/C23H32N4O3/c1-15-21(23(2,3)29)26-18(30-15)14-17-10-6-7-13-27(17)22(28)20-19(24-11-12-25-20)16-8-4-5-9-16/h11-12,16-17,29H,4-10,13-14H2,1-3H3/t17-/m1/s1. The molecule has 1 amide bonds. The van der Waals surface area contributed by atoms with Crippen LogP contribution in [0.25, 0.3) is 0 Å². The first kappa shape index (κ1) is 21.0. The van der Waals surface area contributed by atoms with Crippen molar-refractivity contribution in [3.63, 3.8) is 0 Å². The number of carbonyl (C=O) groups is 1. The van der Waals surface area contributed by atoms with Gasteiger partial charge in [0, 0.05) is 37.3 Å². The molecule has 2 aromatic heterocycles. The smallest absolute Gasteiger partial charge is 0.274 e. The lowest BCUT2D eigenvalue weighted by molar-refractivity contribution is 0.0595. The summed E-state index contributed by atoms with van der Waals surface area (Å²) in [6.45, 7) is 5.94. The Balaban J connectivity index is 1.57. The van der Waals surface area contributed by atoms with Gasteiger partial charge in [-0.05, 0) is 52.9 Å². The van der Waals surface area contributed by atoms with Gasteiger partial charge in [-0.25, -0.2) is 9.97 Å². The largest absolute Gasteiger partial charge is 0.446 e. The second kappa shape index (κ2) is 8.46. The molecule has 7 heteroatoms. The molecule has 1 saturated carbocycles. The van der Waals surface area contributed by atoms with E-state index in [1.807, 2.05) is 11.8 Å². The maximum Gasteiger partial charge on any atom is 0.274 e. The number of carbonyl (C=O) groups excluding carboxylic acids is 1. The fourth-order valence-electron chi connectivity index (χ4n) is 4.94. The summed E-state index contributed by atoms with van der Waals surface area (Å²) in [7, 11) is 0. The van der Waals surface area contributed by atoms with E-state index in [0.717, 1.165) is 37.8 Å². The number of likely N-dealkylation sites (tertiary alicyclic amines) is 1. The Labute approximate surface area is 177 Å². The number of piperidine rings is 1. The lowest BCUT2D eigenvalue weighted by Gasteiger charge is -2.35. The summed E-state index contributed by atoms with van der Waals surface area (Å²) >= 11 is 0. The molecule has 0 spiro atoms. The molecule has 1 atom stereocenters. The van der Waals surface area contributed by atoms with Crippen molar-refractivity contribution in [2.45, 2.75) is 89.7 Å². The summed E-state index contributed by atoms with van der Waals surface area (Å²) in [5.41, 5.74) is 0.880. The third kappa shape index (κ3) is 4.26. The van der Waals surface area contributed by atoms with E-state index in [1.165, 1.54) is 12.8 Å². The molecule has 4 rings (SSSR count). The van der Waals surface area contributed by atoms with Crippen molar-refractivity contribution in [3.8, 4) is 0 Å². The van der Waals surface area contributed by atoms with E-state index in [0.29, 0.717) is 41.9 Å². The van der Waals surface area contributed by atoms with Crippen LogP contribution in [0.1, 0.15) is 98.2 Å². The van der Waals surface area contributed by atoms with Crippen molar-refractivity contribution in [1.82, 2.24) is 19.9 Å². The highest BCUT2D eigenvalue weighted by atomic mass is 16.4. The van der Waals surface area contributed by atoms with Crippen molar-refractivity contribution >= 4 is 5.91 Å². The van der Waals surface area contributed by atoms with Gasteiger partial charge in [0.05, 0.1) is 5.69 Å². The summed E-state index contributed by atoms with van der Waals surface area (Å²) in [5, 5.41) is 10.3. The van der Waals surface area contributed by atoms with Crippen LogP contribution in [0.5, 0.6) is 0 Å². The number of nitrogens with zero attached hydrogens (tertiary/aromatic N) is 4. The molecule has 1 N–H and O–H groups in total. The van der Waals surface area contributed by atoms with Crippen molar-refractivity contribution in [3.05, 3.63) is 41.1 Å². The van der Waals surface area contributed by atoms with Gasteiger partial charge in [-0.3, -0.25) is 9.78 Å². The number of amides is 1. The normalized spacial score (nSPS) is 20.7. The van der Waals surface area contributed by atoms with E-state index in [4.69, 9.17) is 4.42 Å². The Hall–Kier alpha value is -2.28. The lowest BCUT2D eigenvalue weighted by Crippen LogP contribution is -2.45. The fourth-order valence-corrected chi connectivity index (χ4v) is 4.94. The van der Waals surface area contributed by atoms with Crippen molar-refractivity contribution in [2.24, 2.45) is 0 Å². The SMILES string of the molecule is Cc1oc(C[C@H]2CCCCN2C(=O)c2nccnc2C2CCCC2)nc1C(C)(C)O. The van der Waals surface area contributed by atoms with Gasteiger partial charge in [-0.15, -0.1) is 0 Å². The molecule has 0 unspecified atom stereocenters. The Morgan fingerprint density at radius 3 is 2.57 bits per heavy atom. The predicted molar refractivity (Wildman–Crippen MR) is 112 cm³/mol. The number of aromatic nitrogens is 3. The van der Waals surface area contributed by atoms with Crippen LogP contribution in [0, 0.1) is 6.92 Å². The summed E-state index contributed by atoms with van der Waals surface area (Å²) in [4.78, 5) is 29.0. The summed E-state index contributed by atoms with van der Waals surface area (Å²) in [6, 6.07) is 0.0115. The Morgan fingerprint density at radius 1 is 1.17 bits per heavy atom. The molecule has 2 aliphatic rings. The maximum atomic E-state index is 13.5. The Kier molecular flexibility index (Phi) is 5.91. The highest BCUT2D eigenvalue weighted by Gasteiger charge is 2.34. The lowest BCUT2D eigenvalue weighted by atomic mass is 9.96. The molecule has 30 heavy (non-hydrogen) atoms. The number of aryl methyl sites for hydroxylation is 1. The van der Waals surface area contributed by atoms with Gasteiger partial charge in [0.25, 0.3) is 5.91 Å². The van der Waals surface area contributed by atoms with Gasteiger partial charge >= 0.3 is 0 Å². The number of oxazole rings is 1. The topological polar surface area (TPSA) is 92.4 Å². The highest BCUT2D eigenvalue weighted by Crippen LogP contribution is 2.35. The zero-order chi connectivity index (χ0) is 21.3. The monoisotopic (exact) mass is 412 g/mol. The van der Waals surface area contributed by atoms with E-state index in [2.05, 4.69) is 15.0 Å². The maximum absolute atomic E-state index is 13.5. The zero-order valence-electron chi connectivity index (χ0n) is 18.2. The quantitative estimate of drug-likeness (QED) is 0.801. The first-order valence-electron chi connectivity index (χ1n) is 11.2. The van der Waals surface area contributed by atoms with Crippen LogP contribution in [0.4, 0.5) is 0 Å². The van der Waals surface area contributed by atoms with Gasteiger partial charge in [0.15, 0.2) is 5.89 Å². The van der Waals surface area contributed by atoms with Crippen molar-refractivity contribution < 1.29 is 14.3 Å². The van der Waals surface area contributed by atoms with Crippen LogP contribution < -0.4 is 0 Å². The Bertz CT molecular complexity index is 896. The molecule has 1 aliphatic carbocycles. The van der Waals surface area contributed by atoms with Gasteiger partial charge in [-0.2, -0.15) is 0 Å². The zero-order valence-corrected chi connectivity index (χ0v) is 18.2. The van der Waals surface area contributed by atoms with E-state index >= 15 is 0 Å². The third-order valence-electron chi connectivity index (χ3n) is 6.39. The van der Waals surface area contributed by atoms with Crippen molar-refractivity contribution in [1.29, 1.82) is 0 Å². The highest BCUT2D eigenvalue weighted by molar-refractivity contribution is 5.93. The molecule has 7 nitrogen and oxygen atoms in total. The second-order valence-electron chi connectivity index (χ2n) is 9.20. The number of rotatable bonds is 5. The third-order valence-corrected chi connectivity index (χ3v) is 6.39. The van der Waals surface area contributed by atoms with E-state index < -0.39 is 5.60 Å². The molecule has 2 fully saturated rings. The summed E-state index contributed by atoms with van der Waals surface area (Å²) in [5.74, 6) is 1.51. The molecule has 1 aliphatic heterocycles. The van der Waals surface area contributed by atoms with Gasteiger partial charge in [0.1, 0.15) is 22.7 Å². The van der Waals surface area contributed by atoms with Crippen LogP contribution in [0.3, 0.4) is 0 Å². The summed E-state index contributed by atoms with van der Waals surface area (Å²) < 4.78 is 5.85. The second-order valence-corrected chi connectivity index (χ2v) is 9.20. The van der Waals surface area contributed by atoms with Crippen LogP contribution in [-0.2, 0) is 12.0 Å². The number of hydrogen-bond acceptors (Lipinski definition) is 6. The molecule has 0 aromatic carbocycles. The Morgan fingerprint density at radius 2 is 1.87 bits per heavy atom. The fraction of sp³-hybridized carbons (Fsp3) is 0.652. The van der Waals surface area contributed by atoms with Gasteiger partial charge < -0.3 is 14.4 Å². The minimum Gasteiger partial charge on any atom is -0.446 e. The molecule has 0 bridgehead atoms.